The van der Waals surface area contributed by atoms with Gasteiger partial charge in [0, 0.05) is 5.56 Å². The van der Waals surface area contributed by atoms with Crippen LogP contribution in [0.4, 0.5) is 0 Å². The molecular weight excluding hydrogens is 332 g/mol. The van der Waals surface area contributed by atoms with Crippen molar-refractivity contribution in [3.63, 3.8) is 0 Å². The van der Waals surface area contributed by atoms with Gasteiger partial charge in [-0.15, -0.1) is 0 Å². The monoisotopic (exact) mass is 348 g/mol. The first-order valence-corrected chi connectivity index (χ1v) is 8.20. The van der Waals surface area contributed by atoms with Gasteiger partial charge in [0.05, 0.1) is 6.21 Å². The van der Waals surface area contributed by atoms with Crippen molar-refractivity contribution in [1.29, 1.82) is 0 Å². The number of nitrogens with one attached hydrogen (secondary N) is 1. The summed E-state index contributed by atoms with van der Waals surface area (Å²) in [6.07, 6.45) is 1.30. The molecule has 0 atom stereocenters. The number of hydrazone groups is 1. The van der Waals surface area contributed by atoms with Gasteiger partial charge in [0.2, 0.25) is 0 Å². The molecule has 2 aromatic rings. The Morgan fingerprint density at radius 3 is 2.54 bits per heavy atom. The highest BCUT2D eigenvalue weighted by Crippen LogP contribution is 2.13. The summed E-state index contributed by atoms with van der Waals surface area (Å²) in [6, 6.07) is 12.6. The lowest BCUT2D eigenvalue weighted by Gasteiger charge is -2.03. The highest BCUT2D eigenvalue weighted by Gasteiger charge is 2.15. The van der Waals surface area contributed by atoms with E-state index in [1.54, 1.807) is 30.3 Å². The maximum atomic E-state index is 11.9. The van der Waals surface area contributed by atoms with E-state index < -0.39 is 10.1 Å². The summed E-state index contributed by atoms with van der Waals surface area (Å²) in [5, 5.41) is 16.5. The van der Waals surface area contributed by atoms with E-state index in [1.165, 1.54) is 24.4 Å². The molecule has 8 nitrogen and oxygen atoms in total. The Bertz CT molecular complexity index is 861. The fourth-order valence-corrected chi connectivity index (χ4v) is 2.36. The van der Waals surface area contributed by atoms with Crippen molar-refractivity contribution < 1.29 is 17.8 Å². The maximum Gasteiger partial charge on any atom is 0.358 e. The maximum absolute atomic E-state index is 11.9. The number of aryl methyl sites for hydroxylation is 1. The average Bonchev–Trinajstić information content (AvgIpc) is 2.55. The summed E-state index contributed by atoms with van der Waals surface area (Å²) >= 11 is 0. The van der Waals surface area contributed by atoms with Gasteiger partial charge in [-0.2, -0.15) is 13.5 Å². The highest BCUT2D eigenvalue weighted by atomic mass is 32.2. The molecule has 126 valence electrons. The van der Waals surface area contributed by atoms with Gasteiger partial charge in [0.15, 0.2) is 0 Å². The van der Waals surface area contributed by atoms with Gasteiger partial charge in [-0.25, -0.2) is 5.43 Å². The van der Waals surface area contributed by atoms with Crippen molar-refractivity contribution in [2.75, 3.05) is 0 Å². The Morgan fingerprint density at radius 2 is 1.88 bits per heavy atom. The average molecular weight is 348 g/mol. The number of hydrogen-bond donors (Lipinski definition) is 3. The van der Waals surface area contributed by atoms with Crippen molar-refractivity contribution in [3.05, 3.63) is 59.7 Å². The molecule has 0 heterocycles. The highest BCUT2D eigenvalue weighted by molar-refractivity contribution is 7.86. The minimum absolute atomic E-state index is 0.0387. The molecule has 0 aliphatic carbocycles. The zero-order valence-electron chi connectivity index (χ0n) is 12.7. The molecule has 0 bridgehead atoms. The van der Waals surface area contributed by atoms with Crippen LogP contribution in [0.2, 0.25) is 0 Å². The van der Waals surface area contributed by atoms with E-state index in [-0.39, 0.29) is 16.6 Å². The summed E-state index contributed by atoms with van der Waals surface area (Å²) in [5.74, 6) is -0.325. The quantitative estimate of drug-likeness (QED) is 0.424. The lowest BCUT2D eigenvalue weighted by atomic mass is 10.2. The molecule has 2 aromatic carbocycles. The zero-order valence-corrected chi connectivity index (χ0v) is 13.6. The fraction of sp³-hybridized carbons (Fsp3) is 0.0667. The van der Waals surface area contributed by atoms with E-state index in [4.69, 9.17) is 5.73 Å². The molecule has 2 rings (SSSR count). The predicted molar refractivity (Wildman–Crippen MR) is 89.9 cm³/mol. The molecule has 0 saturated carbocycles. The van der Waals surface area contributed by atoms with Crippen LogP contribution in [0, 0.1) is 6.92 Å². The van der Waals surface area contributed by atoms with Crippen LogP contribution >= 0.6 is 0 Å². The van der Waals surface area contributed by atoms with Crippen LogP contribution < -0.4 is 11.2 Å². The Balaban J connectivity index is 1.98. The smallest absolute Gasteiger partial charge is 0.358 e. The first-order chi connectivity index (χ1) is 11.4. The SMILES string of the molecule is Cc1ccc(S(=O)(=O)ON=C(N)NN=Cc2ccccc2O)cc1. The van der Waals surface area contributed by atoms with Crippen LogP contribution in [0.15, 0.2) is 63.7 Å². The van der Waals surface area contributed by atoms with Crippen molar-refractivity contribution in [3.8, 4) is 5.75 Å². The second kappa shape index (κ2) is 7.47. The Hall–Kier alpha value is -3.07. The van der Waals surface area contributed by atoms with Crippen LogP contribution in [-0.4, -0.2) is 25.7 Å². The summed E-state index contributed by atoms with van der Waals surface area (Å²) < 4.78 is 28.3. The molecule has 0 aliphatic heterocycles. The molecule has 9 heteroatoms. The number of nitrogens with two attached hydrogens (primary N) is 1. The third-order valence-corrected chi connectivity index (χ3v) is 3.98. The molecule has 0 radical (unpaired) electrons. The number of guanidine groups is 1. The normalized spacial score (nSPS) is 12.3. The number of aromatic hydroxyl groups is 1. The molecule has 24 heavy (non-hydrogen) atoms. The molecule has 0 aromatic heterocycles. The van der Waals surface area contributed by atoms with E-state index >= 15 is 0 Å². The summed E-state index contributed by atoms with van der Waals surface area (Å²) in [6.45, 7) is 1.83. The number of hydrogen-bond acceptors (Lipinski definition) is 6. The lowest BCUT2D eigenvalue weighted by Crippen LogP contribution is -2.28. The molecule has 0 saturated heterocycles. The largest absolute Gasteiger partial charge is 0.507 e. The van der Waals surface area contributed by atoms with Gasteiger partial charge in [0.25, 0.3) is 5.96 Å². The second-order valence-electron chi connectivity index (χ2n) is 4.75. The third-order valence-electron chi connectivity index (χ3n) is 2.86. The van der Waals surface area contributed by atoms with Gasteiger partial charge >= 0.3 is 10.1 Å². The van der Waals surface area contributed by atoms with Crippen molar-refractivity contribution in [1.82, 2.24) is 5.43 Å². The molecule has 0 aliphatic rings. The van der Waals surface area contributed by atoms with Crippen LogP contribution in [0.25, 0.3) is 0 Å². The van der Waals surface area contributed by atoms with E-state index in [0.29, 0.717) is 5.56 Å². The number of oxime groups is 1. The number of phenols is 1. The number of benzene rings is 2. The zero-order chi connectivity index (χ0) is 17.6. The number of nitrogens with zero attached hydrogens (tertiary/aromatic N) is 2. The van der Waals surface area contributed by atoms with Gasteiger partial charge in [-0.3, -0.25) is 4.28 Å². The molecule has 0 unspecified atom stereocenters. The standard InChI is InChI=1S/C15H16N4O4S/c1-11-6-8-13(9-7-11)24(21,22)23-19-15(16)18-17-10-12-4-2-3-5-14(12)20/h2-10,20H,1H3,(H3,16,18,19). The number of phenolic OH excluding ortho intramolecular Hbond substituents is 1. The third kappa shape index (κ3) is 4.71. The molecule has 0 fully saturated rings. The van der Waals surface area contributed by atoms with Gasteiger partial charge in [0.1, 0.15) is 10.6 Å². The van der Waals surface area contributed by atoms with Crippen molar-refractivity contribution >= 4 is 22.3 Å². The molecular formula is C15H16N4O4S. The van der Waals surface area contributed by atoms with Crippen molar-refractivity contribution in [2.45, 2.75) is 11.8 Å². The van der Waals surface area contributed by atoms with Crippen LogP contribution in [0.1, 0.15) is 11.1 Å². The summed E-state index contributed by atoms with van der Waals surface area (Å²) in [7, 11) is -4.06. The van der Waals surface area contributed by atoms with Gasteiger partial charge in [-0.1, -0.05) is 29.8 Å². The van der Waals surface area contributed by atoms with Gasteiger partial charge in [-0.05, 0) is 36.3 Å². The summed E-state index contributed by atoms with van der Waals surface area (Å²) in [4.78, 5) is -0.0395. The Kier molecular flexibility index (Phi) is 5.38. The minimum Gasteiger partial charge on any atom is -0.507 e. The second-order valence-corrected chi connectivity index (χ2v) is 6.28. The van der Waals surface area contributed by atoms with E-state index in [2.05, 4.69) is 20.0 Å². The first-order valence-electron chi connectivity index (χ1n) is 6.79. The van der Waals surface area contributed by atoms with E-state index in [0.717, 1.165) is 5.56 Å². The van der Waals surface area contributed by atoms with Crippen LogP contribution in [0.5, 0.6) is 5.75 Å². The van der Waals surface area contributed by atoms with Gasteiger partial charge < -0.3 is 10.8 Å². The van der Waals surface area contributed by atoms with Crippen LogP contribution in [0.3, 0.4) is 0 Å². The topological polar surface area (TPSA) is 126 Å². The molecule has 4 N–H and O–H groups in total. The summed E-state index contributed by atoms with van der Waals surface area (Å²) in [5.41, 5.74) is 9.11. The number of para-hydroxylation sites is 1. The Labute approximate surface area is 139 Å². The van der Waals surface area contributed by atoms with Crippen LogP contribution in [-0.2, 0) is 14.4 Å². The van der Waals surface area contributed by atoms with Crippen molar-refractivity contribution in [2.24, 2.45) is 16.0 Å². The van der Waals surface area contributed by atoms with E-state index in [9.17, 15) is 13.5 Å². The first kappa shape index (κ1) is 17.3. The lowest BCUT2D eigenvalue weighted by molar-refractivity contribution is 0.336. The minimum atomic E-state index is -4.06. The fourth-order valence-electron chi connectivity index (χ4n) is 1.62. The number of rotatable bonds is 5. The molecule has 0 amide bonds. The predicted octanol–water partition coefficient (Wildman–Crippen LogP) is 1.26. The molecule has 0 spiro atoms. The Morgan fingerprint density at radius 1 is 1.21 bits per heavy atom. The van der Waals surface area contributed by atoms with E-state index in [1.807, 2.05) is 6.92 Å².